The van der Waals surface area contributed by atoms with Crippen LogP contribution in [0.5, 0.6) is 11.5 Å². The van der Waals surface area contributed by atoms with Crippen molar-refractivity contribution >= 4 is 21.7 Å². The Labute approximate surface area is 176 Å². The third-order valence-corrected chi connectivity index (χ3v) is 6.33. The Morgan fingerprint density at radius 3 is 2.53 bits per heavy atom. The van der Waals surface area contributed by atoms with Gasteiger partial charge in [-0.15, -0.1) is 0 Å². The molecule has 30 heavy (non-hydrogen) atoms. The largest absolute Gasteiger partial charge is 0.497 e. The molecule has 0 atom stereocenters. The first-order chi connectivity index (χ1) is 14.5. The predicted octanol–water partition coefficient (Wildman–Crippen LogP) is 1.92. The smallest absolute Gasteiger partial charge is 0.319 e. The predicted molar refractivity (Wildman–Crippen MR) is 112 cm³/mol. The zero-order valence-corrected chi connectivity index (χ0v) is 17.5. The van der Waals surface area contributed by atoms with E-state index in [0.29, 0.717) is 43.5 Å². The third kappa shape index (κ3) is 5.85. The number of hydrogen-bond acceptors (Lipinski definition) is 6. The van der Waals surface area contributed by atoms with E-state index in [1.165, 1.54) is 16.4 Å². The Kier molecular flexibility index (Phi) is 7.50. The van der Waals surface area contributed by atoms with E-state index in [4.69, 9.17) is 14.2 Å². The molecular weight excluding hydrogens is 410 g/mol. The maximum absolute atomic E-state index is 12.6. The van der Waals surface area contributed by atoms with E-state index in [0.717, 1.165) is 0 Å². The lowest BCUT2D eigenvalue weighted by molar-refractivity contribution is 0.0730. The van der Waals surface area contributed by atoms with Gasteiger partial charge in [0.15, 0.2) is 0 Å². The molecule has 3 rings (SSSR count). The molecule has 1 aliphatic rings. The maximum atomic E-state index is 12.6. The van der Waals surface area contributed by atoms with Crippen LogP contribution in [0.15, 0.2) is 53.4 Å². The van der Waals surface area contributed by atoms with Gasteiger partial charge in [-0.1, -0.05) is 6.07 Å². The molecule has 0 saturated carbocycles. The first-order valence-corrected chi connectivity index (χ1v) is 10.9. The first kappa shape index (κ1) is 21.9. The number of rotatable bonds is 8. The number of ether oxygens (including phenoxy) is 3. The van der Waals surface area contributed by atoms with Crippen LogP contribution in [-0.4, -0.2) is 65.3 Å². The molecule has 0 radical (unpaired) electrons. The lowest BCUT2D eigenvalue weighted by Gasteiger charge is -2.26. The summed E-state index contributed by atoms with van der Waals surface area (Å²) < 4.78 is 42.5. The molecule has 0 aromatic heterocycles. The van der Waals surface area contributed by atoms with Crippen molar-refractivity contribution in [1.82, 2.24) is 9.62 Å². The lowest BCUT2D eigenvalue weighted by Crippen LogP contribution is -2.40. The lowest BCUT2D eigenvalue weighted by atomic mass is 10.3. The fourth-order valence-electron chi connectivity index (χ4n) is 2.85. The number of sulfonamides is 1. The normalized spacial score (nSPS) is 14.7. The highest BCUT2D eigenvalue weighted by molar-refractivity contribution is 7.89. The Bertz CT molecular complexity index is 943. The summed E-state index contributed by atoms with van der Waals surface area (Å²) in [5.41, 5.74) is 0.616. The topological polar surface area (TPSA) is 106 Å². The van der Waals surface area contributed by atoms with Gasteiger partial charge in [-0.05, 0) is 36.4 Å². The fourth-order valence-corrected chi connectivity index (χ4v) is 4.26. The van der Waals surface area contributed by atoms with Gasteiger partial charge in [-0.25, -0.2) is 13.2 Å². The minimum Gasteiger partial charge on any atom is -0.497 e. The van der Waals surface area contributed by atoms with Gasteiger partial charge < -0.3 is 24.8 Å². The van der Waals surface area contributed by atoms with E-state index in [2.05, 4.69) is 10.6 Å². The number of morpholine rings is 1. The van der Waals surface area contributed by atoms with Crippen molar-refractivity contribution in [1.29, 1.82) is 0 Å². The van der Waals surface area contributed by atoms with Crippen LogP contribution in [0.25, 0.3) is 0 Å². The molecule has 1 fully saturated rings. The Hall–Kier alpha value is -2.82. The number of urea groups is 1. The van der Waals surface area contributed by atoms with E-state index in [1.807, 2.05) is 0 Å². The van der Waals surface area contributed by atoms with Crippen LogP contribution in [0.1, 0.15) is 0 Å². The molecule has 2 aromatic carbocycles. The molecule has 2 amide bonds. The molecule has 2 aromatic rings. The average molecular weight is 436 g/mol. The van der Waals surface area contributed by atoms with Crippen LogP contribution in [0.3, 0.4) is 0 Å². The van der Waals surface area contributed by atoms with Gasteiger partial charge in [0.05, 0.1) is 31.8 Å². The second kappa shape index (κ2) is 10.3. The number of anilines is 1. The summed E-state index contributed by atoms with van der Waals surface area (Å²) in [5.74, 6) is 1.17. The van der Waals surface area contributed by atoms with Crippen LogP contribution in [0.4, 0.5) is 10.5 Å². The summed E-state index contributed by atoms with van der Waals surface area (Å²) >= 11 is 0. The Morgan fingerprint density at radius 2 is 1.83 bits per heavy atom. The van der Waals surface area contributed by atoms with Crippen molar-refractivity contribution in [2.24, 2.45) is 0 Å². The number of hydrogen-bond donors (Lipinski definition) is 2. The van der Waals surface area contributed by atoms with Gasteiger partial charge in [0.2, 0.25) is 10.0 Å². The van der Waals surface area contributed by atoms with Crippen molar-refractivity contribution in [2.45, 2.75) is 4.90 Å². The third-order valence-electron chi connectivity index (χ3n) is 4.42. The summed E-state index contributed by atoms with van der Waals surface area (Å²) in [5, 5.41) is 5.39. The molecule has 1 saturated heterocycles. The quantitative estimate of drug-likeness (QED) is 0.614. The molecule has 10 heteroatoms. The first-order valence-electron chi connectivity index (χ1n) is 9.49. The molecule has 0 bridgehead atoms. The van der Waals surface area contributed by atoms with Crippen molar-refractivity contribution in [2.75, 3.05) is 51.9 Å². The maximum Gasteiger partial charge on any atom is 0.319 e. The van der Waals surface area contributed by atoms with E-state index >= 15 is 0 Å². The summed E-state index contributed by atoms with van der Waals surface area (Å²) in [6.45, 7) is 2.02. The van der Waals surface area contributed by atoms with Gasteiger partial charge in [0.1, 0.15) is 18.1 Å². The average Bonchev–Trinajstić information content (AvgIpc) is 2.78. The van der Waals surface area contributed by atoms with E-state index in [1.54, 1.807) is 43.5 Å². The highest BCUT2D eigenvalue weighted by Gasteiger charge is 2.26. The van der Waals surface area contributed by atoms with Crippen LogP contribution < -0.4 is 20.1 Å². The van der Waals surface area contributed by atoms with Gasteiger partial charge in [-0.2, -0.15) is 4.31 Å². The number of methoxy groups -OCH3 is 1. The SMILES string of the molecule is COc1cccc(NC(=O)NCCOc2ccc(S(=O)(=O)N3CCOCC3)cc2)c1. The molecular formula is C20H25N3O6S. The standard InChI is InChI=1S/C20H25N3O6S/c1-27-18-4-2-3-16(15-18)22-20(24)21-9-12-29-17-5-7-19(8-6-17)30(25,26)23-10-13-28-14-11-23/h2-8,15H,9-14H2,1H3,(H2,21,22,24). The van der Waals surface area contributed by atoms with Gasteiger partial charge in [0, 0.05) is 24.8 Å². The number of amides is 2. The second-order valence-corrected chi connectivity index (χ2v) is 8.39. The fraction of sp³-hybridized carbons (Fsp3) is 0.350. The summed E-state index contributed by atoms with van der Waals surface area (Å²) in [4.78, 5) is 12.1. The minimum absolute atomic E-state index is 0.215. The summed E-state index contributed by atoms with van der Waals surface area (Å²) in [6, 6.07) is 12.9. The summed E-state index contributed by atoms with van der Waals surface area (Å²) in [7, 11) is -1.97. The van der Waals surface area contributed by atoms with Gasteiger partial charge >= 0.3 is 6.03 Å². The van der Waals surface area contributed by atoms with Crippen molar-refractivity contribution in [3.05, 3.63) is 48.5 Å². The van der Waals surface area contributed by atoms with E-state index in [9.17, 15) is 13.2 Å². The summed E-state index contributed by atoms with van der Waals surface area (Å²) in [6.07, 6.45) is 0. The molecule has 1 heterocycles. The highest BCUT2D eigenvalue weighted by Crippen LogP contribution is 2.20. The molecule has 162 valence electrons. The van der Waals surface area contributed by atoms with Gasteiger partial charge in [0.25, 0.3) is 0 Å². The number of nitrogens with one attached hydrogen (secondary N) is 2. The molecule has 1 aliphatic heterocycles. The van der Waals surface area contributed by atoms with Crippen molar-refractivity contribution in [3.8, 4) is 11.5 Å². The van der Waals surface area contributed by atoms with Gasteiger partial charge in [-0.3, -0.25) is 0 Å². The highest BCUT2D eigenvalue weighted by atomic mass is 32.2. The number of carbonyl (C=O) groups is 1. The van der Waals surface area contributed by atoms with Crippen molar-refractivity contribution < 1.29 is 27.4 Å². The van der Waals surface area contributed by atoms with Crippen LogP contribution in [0, 0.1) is 0 Å². The number of benzene rings is 2. The zero-order chi connectivity index (χ0) is 21.4. The van der Waals surface area contributed by atoms with E-state index in [-0.39, 0.29) is 24.1 Å². The Balaban J connectivity index is 1.43. The molecule has 2 N–H and O–H groups in total. The molecule has 0 unspecified atom stereocenters. The van der Waals surface area contributed by atoms with Crippen molar-refractivity contribution in [3.63, 3.8) is 0 Å². The van der Waals surface area contributed by atoms with E-state index < -0.39 is 10.0 Å². The number of carbonyl (C=O) groups excluding carboxylic acids is 1. The zero-order valence-electron chi connectivity index (χ0n) is 16.7. The monoisotopic (exact) mass is 435 g/mol. The molecule has 9 nitrogen and oxygen atoms in total. The molecule has 0 spiro atoms. The Morgan fingerprint density at radius 1 is 1.10 bits per heavy atom. The van der Waals surface area contributed by atoms with Crippen LogP contribution >= 0.6 is 0 Å². The van der Waals surface area contributed by atoms with Crippen LogP contribution in [-0.2, 0) is 14.8 Å². The molecule has 0 aliphatic carbocycles. The number of nitrogens with zero attached hydrogens (tertiary/aromatic N) is 1. The minimum atomic E-state index is -3.53. The van der Waals surface area contributed by atoms with Crippen LogP contribution in [0.2, 0.25) is 0 Å². The second-order valence-electron chi connectivity index (χ2n) is 6.45.